The van der Waals surface area contributed by atoms with Crippen LogP contribution in [0.2, 0.25) is 0 Å². The fraction of sp³-hybridized carbons (Fsp3) is 0.250. The highest BCUT2D eigenvalue weighted by Crippen LogP contribution is 2.28. The first-order valence-corrected chi connectivity index (χ1v) is 7.20. The molecule has 0 aliphatic carbocycles. The molecule has 106 valence electrons. The van der Waals surface area contributed by atoms with Crippen LogP contribution in [0.1, 0.15) is 11.1 Å². The SMILES string of the molecule is COc1ccc(CN(C)c2cc(C)ccc2N)cc1Br. The van der Waals surface area contributed by atoms with Gasteiger partial charge in [0.25, 0.3) is 0 Å². The Morgan fingerprint density at radius 2 is 1.95 bits per heavy atom. The molecule has 0 atom stereocenters. The second kappa shape index (κ2) is 6.18. The van der Waals surface area contributed by atoms with E-state index in [9.17, 15) is 0 Å². The molecule has 2 aromatic rings. The zero-order chi connectivity index (χ0) is 14.7. The predicted molar refractivity (Wildman–Crippen MR) is 88.4 cm³/mol. The van der Waals surface area contributed by atoms with E-state index in [1.807, 2.05) is 25.2 Å². The van der Waals surface area contributed by atoms with Crippen LogP contribution in [0.25, 0.3) is 0 Å². The summed E-state index contributed by atoms with van der Waals surface area (Å²) in [5.41, 5.74) is 10.3. The number of aryl methyl sites for hydroxylation is 1. The van der Waals surface area contributed by atoms with Crippen molar-refractivity contribution in [1.82, 2.24) is 0 Å². The molecule has 0 radical (unpaired) electrons. The third-order valence-electron chi connectivity index (χ3n) is 3.23. The Morgan fingerprint density at radius 3 is 2.60 bits per heavy atom. The number of methoxy groups -OCH3 is 1. The average Bonchev–Trinajstić information content (AvgIpc) is 2.41. The van der Waals surface area contributed by atoms with E-state index in [1.165, 1.54) is 11.1 Å². The lowest BCUT2D eigenvalue weighted by Gasteiger charge is -2.22. The second-order valence-electron chi connectivity index (χ2n) is 4.89. The number of halogens is 1. The Balaban J connectivity index is 2.21. The molecule has 0 amide bonds. The number of hydrogen-bond acceptors (Lipinski definition) is 3. The molecular formula is C16H19BrN2O. The molecule has 0 fully saturated rings. The first-order chi connectivity index (χ1) is 9.51. The molecule has 4 heteroatoms. The molecule has 0 aliphatic rings. The van der Waals surface area contributed by atoms with Gasteiger partial charge in [0.15, 0.2) is 0 Å². The Morgan fingerprint density at radius 1 is 1.20 bits per heavy atom. The minimum absolute atomic E-state index is 0.788. The summed E-state index contributed by atoms with van der Waals surface area (Å²) in [7, 11) is 3.71. The molecule has 20 heavy (non-hydrogen) atoms. The maximum Gasteiger partial charge on any atom is 0.133 e. The number of nitrogens with two attached hydrogens (primary N) is 1. The summed E-state index contributed by atoms with van der Waals surface area (Å²) < 4.78 is 6.21. The molecular weight excluding hydrogens is 316 g/mol. The van der Waals surface area contributed by atoms with Crippen molar-refractivity contribution < 1.29 is 4.74 Å². The van der Waals surface area contributed by atoms with Crippen LogP contribution >= 0.6 is 15.9 Å². The van der Waals surface area contributed by atoms with Crippen molar-refractivity contribution in [1.29, 1.82) is 0 Å². The summed E-state index contributed by atoms with van der Waals surface area (Å²) >= 11 is 3.51. The maximum absolute atomic E-state index is 6.05. The Kier molecular flexibility index (Phi) is 4.55. The largest absolute Gasteiger partial charge is 0.496 e. The number of ether oxygens (including phenoxy) is 1. The Labute approximate surface area is 128 Å². The predicted octanol–water partition coefficient (Wildman–Crippen LogP) is 3.98. The number of rotatable bonds is 4. The fourth-order valence-corrected chi connectivity index (χ4v) is 2.74. The molecule has 0 aromatic heterocycles. The lowest BCUT2D eigenvalue weighted by Crippen LogP contribution is -2.18. The zero-order valence-corrected chi connectivity index (χ0v) is 13.6. The molecule has 0 heterocycles. The molecule has 3 nitrogen and oxygen atoms in total. The van der Waals surface area contributed by atoms with Gasteiger partial charge < -0.3 is 15.4 Å². The second-order valence-corrected chi connectivity index (χ2v) is 5.74. The highest BCUT2D eigenvalue weighted by Gasteiger charge is 2.08. The highest BCUT2D eigenvalue weighted by molar-refractivity contribution is 9.10. The summed E-state index contributed by atoms with van der Waals surface area (Å²) in [4.78, 5) is 2.15. The number of hydrogen-bond donors (Lipinski definition) is 1. The van der Waals surface area contributed by atoms with Crippen molar-refractivity contribution >= 4 is 27.3 Å². The first kappa shape index (κ1) is 14.7. The monoisotopic (exact) mass is 334 g/mol. The first-order valence-electron chi connectivity index (χ1n) is 6.41. The number of anilines is 2. The molecule has 0 bridgehead atoms. The van der Waals surface area contributed by atoms with Gasteiger partial charge in [-0.3, -0.25) is 0 Å². The lowest BCUT2D eigenvalue weighted by atomic mass is 10.1. The van der Waals surface area contributed by atoms with E-state index < -0.39 is 0 Å². The van der Waals surface area contributed by atoms with Gasteiger partial charge in [0.05, 0.1) is 23.0 Å². The number of nitrogen functional groups attached to an aromatic ring is 1. The van der Waals surface area contributed by atoms with E-state index >= 15 is 0 Å². The standard InChI is InChI=1S/C16H19BrN2O/c1-11-4-6-14(18)15(8-11)19(2)10-12-5-7-16(20-3)13(17)9-12/h4-9H,10,18H2,1-3H3. The van der Waals surface area contributed by atoms with Crippen LogP contribution in [0, 0.1) is 6.92 Å². The van der Waals surface area contributed by atoms with Gasteiger partial charge in [0.1, 0.15) is 5.75 Å². The Hall–Kier alpha value is -1.68. The van der Waals surface area contributed by atoms with Crippen LogP contribution in [0.15, 0.2) is 40.9 Å². The van der Waals surface area contributed by atoms with Crippen LogP contribution < -0.4 is 15.4 Å². The fourth-order valence-electron chi connectivity index (χ4n) is 2.15. The summed E-state index contributed by atoms with van der Waals surface area (Å²) in [6, 6.07) is 12.2. The van der Waals surface area contributed by atoms with Gasteiger partial charge in [-0.05, 0) is 58.2 Å². The Bertz CT molecular complexity index is 613. The molecule has 2 rings (SSSR count). The van der Waals surface area contributed by atoms with E-state index in [1.54, 1.807) is 7.11 Å². The van der Waals surface area contributed by atoms with Gasteiger partial charge in [0.2, 0.25) is 0 Å². The number of benzene rings is 2. The molecule has 0 aliphatic heterocycles. The van der Waals surface area contributed by atoms with E-state index in [4.69, 9.17) is 10.5 Å². The van der Waals surface area contributed by atoms with Crippen molar-refractivity contribution in [3.05, 3.63) is 52.0 Å². The molecule has 0 saturated carbocycles. The quantitative estimate of drug-likeness (QED) is 0.859. The summed E-state index contributed by atoms with van der Waals surface area (Å²) in [5, 5.41) is 0. The minimum atomic E-state index is 0.788. The highest BCUT2D eigenvalue weighted by atomic mass is 79.9. The van der Waals surface area contributed by atoms with E-state index in [2.05, 4.69) is 46.0 Å². The summed E-state index contributed by atoms with van der Waals surface area (Å²) in [5.74, 6) is 0.839. The van der Waals surface area contributed by atoms with Crippen molar-refractivity contribution in [2.24, 2.45) is 0 Å². The van der Waals surface area contributed by atoms with Crippen molar-refractivity contribution in [2.75, 3.05) is 24.8 Å². The van der Waals surface area contributed by atoms with Gasteiger partial charge in [0, 0.05) is 13.6 Å². The maximum atomic E-state index is 6.05. The zero-order valence-electron chi connectivity index (χ0n) is 12.0. The third-order valence-corrected chi connectivity index (χ3v) is 3.85. The number of nitrogens with zero attached hydrogens (tertiary/aromatic N) is 1. The van der Waals surface area contributed by atoms with Crippen molar-refractivity contribution in [3.8, 4) is 5.75 Å². The van der Waals surface area contributed by atoms with Crippen LogP contribution in [0.4, 0.5) is 11.4 Å². The average molecular weight is 335 g/mol. The van der Waals surface area contributed by atoms with E-state index in [-0.39, 0.29) is 0 Å². The third kappa shape index (κ3) is 3.25. The summed E-state index contributed by atoms with van der Waals surface area (Å²) in [6.45, 7) is 2.86. The van der Waals surface area contributed by atoms with Crippen LogP contribution in [-0.4, -0.2) is 14.2 Å². The lowest BCUT2D eigenvalue weighted by molar-refractivity contribution is 0.412. The molecule has 0 unspecified atom stereocenters. The summed E-state index contributed by atoms with van der Waals surface area (Å²) in [6.07, 6.45) is 0. The van der Waals surface area contributed by atoms with Gasteiger partial charge in [-0.1, -0.05) is 12.1 Å². The molecule has 2 aromatic carbocycles. The smallest absolute Gasteiger partial charge is 0.133 e. The van der Waals surface area contributed by atoms with Crippen LogP contribution in [-0.2, 0) is 6.54 Å². The van der Waals surface area contributed by atoms with E-state index in [0.29, 0.717) is 0 Å². The molecule has 2 N–H and O–H groups in total. The van der Waals surface area contributed by atoms with Gasteiger partial charge in [-0.2, -0.15) is 0 Å². The van der Waals surface area contributed by atoms with Crippen molar-refractivity contribution in [3.63, 3.8) is 0 Å². The topological polar surface area (TPSA) is 38.5 Å². The molecule has 0 spiro atoms. The van der Waals surface area contributed by atoms with Crippen molar-refractivity contribution in [2.45, 2.75) is 13.5 Å². The van der Waals surface area contributed by atoms with Crippen LogP contribution in [0.5, 0.6) is 5.75 Å². The normalized spacial score (nSPS) is 10.4. The minimum Gasteiger partial charge on any atom is -0.496 e. The van der Waals surface area contributed by atoms with Crippen LogP contribution in [0.3, 0.4) is 0 Å². The van der Waals surface area contributed by atoms with Gasteiger partial charge >= 0.3 is 0 Å². The van der Waals surface area contributed by atoms with Gasteiger partial charge in [-0.15, -0.1) is 0 Å². The molecule has 0 saturated heterocycles. The van der Waals surface area contributed by atoms with E-state index in [0.717, 1.165) is 28.1 Å². The van der Waals surface area contributed by atoms with Gasteiger partial charge in [-0.25, -0.2) is 0 Å².